The van der Waals surface area contributed by atoms with Gasteiger partial charge in [0.15, 0.2) is 0 Å². The van der Waals surface area contributed by atoms with Crippen LogP contribution in [0.5, 0.6) is 0 Å². The predicted molar refractivity (Wildman–Crippen MR) is 123 cm³/mol. The van der Waals surface area contributed by atoms with Crippen molar-refractivity contribution in [1.82, 2.24) is 10.6 Å². The summed E-state index contributed by atoms with van der Waals surface area (Å²) in [5.74, 6) is -1.11. The van der Waals surface area contributed by atoms with Gasteiger partial charge in [-0.05, 0) is 43.0 Å². The molecule has 0 bridgehead atoms. The first-order valence-corrected chi connectivity index (χ1v) is 11.1. The molecule has 0 saturated heterocycles. The Balaban J connectivity index is 0.000000242. The summed E-state index contributed by atoms with van der Waals surface area (Å²) in [5, 5.41) is 5.63. The molecule has 2 aliphatic rings. The third kappa shape index (κ3) is 6.66. The molecule has 2 aromatic rings. The summed E-state index contributed by atoms with van der Waals surface area (Å²) in [4.78, 5) is 45.2. The van der Waals surface area contributed by atoms with Gasteiger partial charge in [0, 0.05) is 56.7 Å². The van der Waals surface area contributed by atoms with E-state index in [9.17, 15) is 19.2 Å². The number of fused-ring (bicyclic) bond motifs is 2. The van der Waals surface area contributed by atoms with Gasteiger partial charge in [0.25, 0.3) is 23.6 Å². The Morgan fingerprint density at radius 2 is 1.13 bits per heavy atom. The third-order valence-electron chi connectivity index (χ3n) is 5.07. The van der Waals surface area contributed by atoms with Crippen molar-refractivity contribution in [3.63, 3.8) is 0 Å². The van der Waals surface area contributed by atoms with Crippen LogP contribution in [-0.4, -0.2) is 80.3 Å². The van der Waals surface area contributed by atoms with Crippen LogP contribution < -0.4 is 10.6 Å². The maximum Gasteiger partial charge on any atom is 0.259 e. The average molecular weight is 510 g/mol. The molecule has 0 fully saturated rings. The third-order valence-corrected chi connectivity index (χ3v) is 5.63. The van der Waals surface area contributed by atoms with Crippen LogP contribution in [0.2, 0.25) is 0 Å². The molecule has 0 unspecified atom stereocenters. The maximum atomic E-state index is 11.7. The van der Waals surface area contributed by atoms with E-state index < -0.39 is 0 Å². The summed E-state index contributed by atoms with van der Waals surface area (Å²) in [6.45, 7) is 0. The second-order valence-corrected chi connectivity index (χ2v) is 7.95. The Kier molecular flexibility index (Phi) is 10.7. The second kappa shape index (κ2) is 12.8. The second-order valence-electron chi connectivity index (χ2n) is 7.16. The number of aryl methyl sites for hydroxylation is 1. The minimum absolute atomic E-state index is 0. The zero-order valence-corrected chi connectivity index (χ0v) is 22.2. The first kappa shape index (κ1) is 26.1. The fraction of sp³-hybridized carbons (Fsp3) is 0.304. The number of alkyl halides is 1. The van der Waals surface area contributed by atoms with Crippen LogP contribution in [0.3, 0.4) is 0 Å². The minimum atomic E-state index is -0.300. The van der Waals surface area contributed by atoms with Gasteiger partial charge in [0.1, 0.15) is 0 Å². The molecule has 1 radical (unpaired) electrons. The van der Waals surface area contributed by atoms with Gasteiger partial charge >= 0.3 is 0 Å². The maximum absolute atomic E-state index is 11.7. The van der Waals surface area contributed by atoms with E-state index in [2.05, 4.69) is 26.6 Å². The molecule has 0 aliphatic carbocycles. The van der Waals surface area contributed by atoms with Crippen molar-refractivity contribution in [2.24, 2.45) is 0 Å². The topological polar surface area (TPSA) is 92.3 Å². The average Bonchev–Trinajstić information content (AvgIpc) is 3.21. The zero-order chi connectivity index (χ0) is 21.5. The van der Waals surface area contributed by atoms with Crippen molar-refractivity contribution in [3.8, 4) is 0 Å². The fourth-order valence-corrected chi connectivity index (χ4v) is 3.95. The zero-order valence-electron chi connectivity index (χ0n) is 17.5. The Morgan fingerprint density at radius 3 is 1.77 bits per heavy atom. The van der Waals surface area contributed by atoms with Gasteiger partial charge in [0.05, 0.1) is 22.3 Å². The van der Waals surface area contributed by atoms with Crippen molar-refractivity contribution in [2.45, 2.75) is 38.5 Å². The van der Waals surface area contributed by atoms with Crippen LogP contribution in [0.15, 0.2) is 42.5 Å². The van der Waals surface area contributed by atoms with Gasteiger partial charge in [0.2, 0.25) is 0 Å². The molecule has 0 aromatic heterocycles. The molecule has 4 amide bonds. The number of amides is 4. The largest absolute Gasteiger partial charge is 0.288 e. The van der Waals surface area contributed by atoms with Crippen LogP contribution >= 0.6 is 15.9 Å². The van der Waals surface area contributed by atoms with Crippen molar-refractivity contribution < 1.29 is 19.2 Å². The molecule has 2 aliphatic heterocycles. The van der Waals surface area contributed by atoms with E-state index in [0.29, 0.717) is 22.3 Å². The standard InChI is InChI=1S/C15H18BrNO2.C8H5NO2.K/c16-10-5-3-1-2-4-7-11-8-6-9-12-13(11)15(19)17-14(12)18;10-7-5-3-1-2-4-6(5)8(11)9-7;/h6,8-9H,1-5,7,10H2,(H,17,18,19);1-4H,(H,9,10,11);. The quantitative estimate of drug-likeness (QED) is 0.258. The first-order chi connectivity index (χ1) is 14.5. The minimum Gasteiger partial charge on any atom is -0.288 e. The van der Waals surface area contributed by atoms with E-state index in [4.69, 9.17) is 0 Å². The number of hydrogen-bond donors (Lipinski definition) is 2. The van der Waals surface area contributed by atoms with Crippen molar-refractivity contribution in [2.75, 3.05) is 5.33 Å². The van der Waals surface area contributed by atoms with Gasteiger partial charge < -0.3 is 0 Å². The van der Waals surface area contributed by atoms with Gasteiger partial charge in [-0.3, -0.25) is 29.8 Å². The van der Waals surface area contributed by atoms with Crippen LogP contribution in [0, 0.1) is 0 Å². The van der Waals surface area contributed by atoms with E-state index in [0.717, 1.165) is 23.7 Å². The van der Waals surface area contributed by atoms with Crippen LogP contribution in [0.25, 0.3) is 0 Å². The van der Waals surface area contributed by atoms with E-state index in [1.165, 1.54) is 25.7 Å². The van der Waals surface area contributed by atoms with Gasteiger partial charge in [-0.15, -0.1) is 0 Å². The normalized spacial score (nSPS) is 13.5. The molecule has 8 heteroatoms. The van der Waals surface area contributed by atoms with E-state index in [1.807, 2.05) is 12.1 Å². The van der Waals surface area contributed by atoms with Crippen LogP contribution in [0.1, 0.15) is 79.1 Å². The molecule has 0 spiro atoms. The molecule has 157 valence electrons. The predicted octanol–water partition coefficient (Wildman–Crippen LogP) is 3.65. The molecular weight excluding hydrogens is 487 g/mol. The number of unbranched alkanes of at least 4 members (excludes halogenated alkanes) is 4. The Labute approximate surface area is 232 Å². The summed E-state index contributed by atoms with van der Waals surface area (Å²) >= 11 is 3.42. The Hall–Kier alpha value is -1.16. The summed E-state index contributed by atoms with van der Waals surface area (Å²) in [6, 6.07) is 12.3. The first-order valence-electron chi connectivity index (χ1n) is 10.0. The molecule has 4 rings (SSSR count). The number of carbonyl (C=O) groups is 4. The van der Waals surface area contributed by atoms with Gasteiger partial charge in [-0.2, -0.15) is 0 Å². The summed E-state index contributed by atoms with van der Waals surface area (Å²) in [7, 11) is 0. The molecule has 31 heavy (non-hydrogen) atoms. The molecule has 2 heterocycles. The van der Waals surface area contributed by atoms with Crippen molar-refractivity contribution in [1.29, 1.82) is 0 Å². The SMILES string of the molecule is O=C1NC(=O)c2c(CCCCCCCBr)cccc21.O=C1NC(=O)c2ccccc21.[K]. The van der Waals surface area contributed by atoms with Crippen LogP contribution in [-0.2, 0) is 6.42 Å². The van der Waals surface area contributed by atoms with Crippen molar-refractivity contribution >= 4 is 90.9 Å². The van der Waals surface area contributed by atoms with E-state index in [-0.39, 0.29) is 75.0 Å². The van der Waals surface area contributed by atoms with Crippen LogP contribution in [0.4, 0.5) is 0 Å². The smallest absolute Gasteiger partial charge is 0.259 e. The summed E-state index contributed by atoms with van der Waals surface area (Å²) in [5.41, 5.74) is 3.06. The number of nitrogens with one attached hydrogen (secondary N) is 2. The number of imide groups is 2. The molecule has 6 nitrogen and oxygen atoms in total. The van der Waals surface area contributed by atoms with E-state index >= 15 is 0 Å². The number of benzene rings is 2. The van der Waals surface area contributed by atoms with Gasteiger partial charge in [-0.1, -0.05) is 59.5 Å². The number of rotatable bonds is 7. The fourth-order valence-electron chi connectivity index (χ4n) is 3.56. The monoisotopic (exact) mass is 509 g/mol. The molecule has 2 aromatic carbocycles. The molecular formula is C23H23BrKN2O4. The molecule has 0 atom stereocenters. The molecule has 0 saturated carbocycles. The van der Waals surface area contributed by atoms with Crippen molar-refractivity contribution in [3.05, 3.63) is 70.3 Å². The Morgan fingerprint density at radius 1 is 0.613 bits per heavy atom. The number of halogens is 1. The molecule has 2 N–H and O–H groups in total. The Bertz CT molecular complexity index is 960. The number of carbonyl (C=O) groups excluding carboxylic acids is 4. The van der Waals surface area contributed by atoms with E-state index in [1.54, 1.807) is 30.3 Å². The van der Waals surface area contributed by atoms with Gasteiger partial charge in [-0.25, -0.2) is 0 Å². The summed E-state index contributed by atoms with van der Waals surface area (Å²) in [6.07, 6.45) is 6.81. The number of hydrogen-bond acceptors (Lipinski definition) is 4. The summed E-state index contributed by atoms with van der Waals surface area (Å²) < 4.78 is 0.